The molecule has 1 fully saturated rings. The normalized spacial score (nSPS) is 17.5. The van der Waals surface area contributed by atoms with Crippen LogP contribution in [0.3, 0.4) is 0 Å². The SMILES string of the molecule is CC1CCN(c2nc3c(c(Oc4ccccc4)n2)CN(S(=O)(=O)c2ccccc2)CC3)CC1. The molecule has 0 amide bonds. The second kappa shape index (κ2) is 9.11. The Morgan fingerprint density at radius 1 is 0.909 bits per heavy atom. The van der Waals surface area contributed by atoms with Crippen LogP contribution in [0.1, 0.15) is 31.0 Å². The maximum atomic E-state index is 13.2. The number of hydrogen-bond donors (Lipinski definition) is 0. The third-order valence-corrected chi connectivity index (χ3v) is 8.24. The van der Waals surface area contributed by atoms with Crippen molar-refractivity contribution >= 4 is 16.0 Å². The van der Waals surface area contributed by atoms with Crippen LogP contribution < -0.4 is 9.64 Å². The van der Waals surface area contributed by atoms with E-state index in [1.54, 1.807) is 24.3 Å². The van der Waals surface area contributed by atoms with Crippen LogP contribution >= 0.6 is 0 Å². The molecule has 0 N–H and O–H groups in total. The van der Waals surface area contributed by atoms with E-state index >= 15 is 0 Å². The summed E-state index contributed by atoms with van der Waals surface area (Å²) in [5.41, 5.74) is 1.60. The summed E-state index contributed by atoms with van der Waals surface area (Å²) in [7, 11) is -3.62. The van der Waals surface area contributed by atoms with Crippen LogP contribution in [0.25, 0.3) is 0 Å². The molecule has 0 atom stereocenters. The Kier molecular flexibility index (Phi) is 6.03. The van der Waals surface area contributed by atoms with Gasteiger partial charge >= 0.3 is 0 Å². The van der Waals surface area contributed by atoms with Gasteiger partial charge in [-0.1, -0.05) is 43.3 Å². The van der Waals surface area contributed by atoms with E-state index in [-0.39, 0.29) is 6.54 Å². The number of anilines is 1. The number of ether oxygens (including phenoxy) is 1. The Bertz CT molecular complexity index is 1210. The van der Waals surface area contributed by atoms with E-state index in [4.69, 9.17) is 14.7 Å². The molecule has 1 saturated heterocycles. The highest BCUT2D eigenvalue weighted by Gasteiger charge is 2.32. The number of fused-ring (bicyclic) bond motifs is 1. The summed E-state index contributed by atoms with van der Waals surface area (Å²) < 4.78 is 34.2. The zero-order valence-corrected chi connectivity index (χ0v) is 19.5. The minimum Gasteiger partial charge on any atom is -0.439 e. The lowest BCUT2D eigenvalue weighted by atomic mass is 9.99. The molecule has 8 heteroatoms. The Morgan fingerprint density at radius 3 is 2.27 bits per heavy atom. The number of aromatic nitrogens is 2. The average Bonchev–Trinajstić information content (AvgIpc) is 2.85. The van der Waals surface area contributed by atoms with E-state index in [1.165, 1.54) is 4.31 Å². The lowest BCUT2D eigenvalue weighted by molar-refractivity contribution is 0.368. The van der Waals surface area contributed by atoms with Gasteiger partial charge in [-0.05, 0) is 43.0 Å². The predicted molar refractivity (Wildman–Crippen MR) is 127 cm³/mol. The van der Waals surface area contributed by atoms with Gasteiger partial charge in [-0.15, -0.1) is 0 Å². The average molecular weight is 465 g/mol. The third-order valence-electron chi connectivity index (χ3n) is 6.38. The minimum atomic E-state index is -3.62. The summed E-state index contributed by atoms with van der Waals surface area (Å²) in [5.74, 6) is 2.48. The molecular weight excluding hydrogens is 436 g/mol. The number of para-hydroxylation sites is 1. The molecule has 3 aromatic rings. The second-order valence-electron chi connectivity index (χ2n) is 8.74. The van der Waals surface area contributed by atoms with Crippen molar-refractivity contribution in [2.24, 2.45) is 5.92 Å². The number of rotatable bonds is 5. The maximum absolute atomic E-state index is 13.2. The number of nitrogens with zero attached hydrogens (tertiary/aromatic N) is 4. The van der Waals surface area contributed by atoms with Gasteiger partial charge in [0.25, 0.3) is 0 Å². The highest BCUT2D eigenvalue weighted by molar-refractivity contribution is 7.89. The molecular formula is C25H28N4O3S. The maximum Gasteiger partial charge on any atom is 0.243 e. The summed E-state index contributed by atoms with van der Waals surface area (Å²) >= 11 is 0. The van der Waals surface area contributed by atoms with Gasteiger partial charge < -0.3 is 9.64 Å². The van der Waals surface area contributed by atoms with Gasteiger partial charge in [-0.3, -0.25) is 0 Å². The lowest BCUT2D eigenvalue weighted by Crippen LogP contribution is -2.38. The predicted octanol–water partition coefficient (Wildman–Crippen LogP) is 4.25. The van der Waals surface area contributed by atoms with Crippen molar-refractivity contribution in [2.45, 2.75) is 37.6 Å². The van der Waals surface area contributed by atoms with Gasteiger partial charge in [0, 0.05) is 32.6 Å². The summed E-state index contributed by atoms with van der Waals surface area (Å²) in [5, 5.41) is 0. The molecule has 3 heterocycles. The molecule has 7 nitrogen and oxygen atoms in total. The molecule has 0 spiro atoms. The van der Waals surface area contributed by atoms with Crippen LogP contribution in [-0.4, -0.2) is 42.3 Å². The van der Waals surface area contributed by atoms with Gasteiger partial charge in [0.1, 0.15) is 5.75 Å². The molecule has 0 bridgehead atoms. The van der Waals surface area contributed by atoms with E-state index in [0.717, 1.165) is 37.2 Å². The molecule has 2 aliphatic heterocycles. The first kappa shape index (κ1) is 21.9. The van der Waals surface area contributed by atoms with Crippen LogP contribution in [0.2, 0.25) is 0 Å². The van der Waals surface area contributed by atoms with Crippen LogP contribution in [0.4, 0.5) is 5.95 Å². The molecule has 0 aliphatic carbocycles. The van der Waals surface area contributed by atoms with Crippen molar-refractivity contribution in [3.05, 3.63) is 71.9 Å². The first-order chi connectivity index (χ1) is 16.0. The Balaban J connectivity index is 1.50. The van der Waals surface area contributed by atoms with Gasteiger partial charge in [-0.2, -0.15) is 9.29 Å². The fourth-order valence-electron chi connectivity index (χ4n) is 4.33. The number of piperidine rings is 1. The van der Waals surface area contributed by atoms with Gasteiger partial charge in [-0.25, -0.2) is 13.4 Å². The fourth-order valence-corrected chi connectivity index (χ4v) is 5.76. The highest BCUT2D eigenvalue weighted by atomic mass is 32.2. The zero-order chi connectivity index (χ0) is 22.8. The van der Waals surface area contributed by atoms with E-state index < -0.39 is 10.0 Å². The van der Waals surface area contributed by atoms with Gasteiger partial charge in [0.2, 0.25) is 21.9 Å². The standard InChI is InChI=1S/C25H28N4O3S/c1-19-12-15-28(16-13-19)25-26-23-14-17-29(33(30,31)21-10-6-3-7-11-21)18-22(23)24(27-25)32-20-8-4-2-5-9-20/h2-11,19H,12-18H2,1H3. The molecule has 0 radical (unpaired) electrons. The lowest BCUT2D eigenvalue weighted by Gasteiger charge is -2.33. The number of sulfonamides is 1. The quantitative estimate of drug-likeness (QED) is 0.562. The molecule has 0 saturated carbocycles. The molecule has 33 heavy (non-hydrogen) atoms. The van der Waals surface area contributed by atoms with E-state index in [0.29, 0.717) is 41.4 Å². The monoisotopic (exact) mass is 464 g/mol. The van der Waals surface area contributed by atoms with Crippen molar-refractivity contribution in [1.29, 1.82) is 0 Å². The van der Waals surface area contributed by atoms with Gasteiger partial charge in [0.05, 0.1) is 16.2 Å². The Morgan fingerprint density at radius 2 is 1.58 bits per heavy atom. The van der Waals surface area contributed by atoms with Crippen molar-refractivity contribution in [3.63, 3.8) is 0 Å². The van der Waals surface area contributed by atoms with Crippen LogP contribution in [0.5, 0.6) is 11.6 Å². The number of benzene rings is 2. The molecule has 5 rings (SSSR count). The molecule has 172 valence electrons. The van der Waals surface area contributed by atoms with Crippen LogP contribution in [0.15, 0.2) is 65.6 Å². The smallest absolute Gasteiger partial charge is 0.243 e. The van der Waals surface area contributed by atoms with E-state index in [9.17, 15) is 8.42 Å². The van der Waals surface area contributed by atoms with Crippen LogP contribution in [-0.2, 0) is 23.0 Å². The Hall–Kier alpha value is -2.97. The fraction of sp³-hybridized carbons (Fsp3) is 0.360. The number of hydrogen-bond acceptors (Lipinski definition) is 6. The molecule has 2 aromatic carbocycles. The first-order valence-electron chi connectivity index (χ1n) is 11.4. The highest BCUT2D eigenvalue weighted by Crippen LogP contribution is 2.34. The Labute approximate surface area is 195 Å². The summed E-state index contributed by atoms with van der Waals surface area (Å²) in [4.78, 5) is 12.2. The van der Waals surface area contributed by atoms with Crippen LogP contribution in [0, 0.1) is 5.92 Å². The summed E-state index contributed by atoms with van der Waals surface area (Å²) in [6.45, 7) is 4.67. The van der Waals surface area contributed by atoms with Crippen molar-refractivity contribution in [3.8, 4) is 11.6 Å². The van der Waals surface area contributed by atoms with E-state index in [1.807, 2.05) is 36.4 Å². The molecule has 0 unspecified atom stereocenters. The van der Waals surface area contributed by atoms with Crippen molar-refractivity contribution < 1.29 is 13.2 Å². The van der Waals surface area contributed by atoms with E-state index in [2.05, 4.69) is 11.8 Å². The summed E-state index contributed by atoms with van der Waals surface area (Å²) in [6, 6.07) is 18.0. The third kappa shape index (κ3) is 4.58. The van der Waals surface area contributed by atoms with Crippen molar-refractivity contribution in [2.75, 3.05) is 24.5 Å². The topological polar surface area (TPSA) is 75.6 Å². The molecule has 1 aromatic heterocycles. The zero-order valence-electron chi connectivity index (χ0n) is 18.7. The first-order valence-corrected chi connectivity index (χ1v) is 12.9. The summed E-state index contributed by atoms with van der Waals surface area (Å²) in [6.07, 6.45) is 2.74. The second-order valence-corrected chi connectivity index (χ2v) is 10.7. The minimum absolute atomic E-state index is 0.187. The van der Waals surface area contributed by atoms with Gasteiger partial charge in [0.15, 0.2) is 0 Å². The molecule has 2 aliphatic rings. The largest absolute Gasteiger partial charge is 0.439 e. The van der Waals surface area contributed by atoms with Crippen molar-refractivity contribution in [1.82, 2.24) is 14.3 Å².